The lowest BCUT2D eigenvalue weighted by molar-refractivity contribution is -0.128. The van der Waals surface area contributed by atoms with Crippen molar-refractivity contribution in [3.63, 3.8) is 0 Å². The van der Waals surface area contributed by atoms with E-state index in [1.165, 1.54) is 0 Å². The molecule has 0 heterocycles. The Morgan fingerprint density at radius 2 is 1.60 bits per heavy atom. The molecule has 0 bridgehead atoms. The molecule has 0 spiro atoms. The Bertz CT molecular complexity index is 306. The predicted octanol–water partition coefficient (Wildman–Crippen LogP) is 2.73. The van der Waals surface area contributed by atoms with Gasteiger partial charge < -0.3 is 10.6 Å². The molecule has 4 heteroatoms. The molecule has 20 heavy (non-hydrogen) atoms. The van der Waals surface area contributed by atoms with Gasteiger partial charge in [-0.25, -0.2) is 0 Å². The van der Waals surface area contributed by atoms with Crippen LogP contribution in [-0.2, 0) is 9.59 Å². The fraction of sp³-hybridized carbons (Fsp3) is 0.875. The summed E-state index contributed by atoms with van der Waals surface area (Å²) >= 11 is 0. The maximum atomic E-state index is 11.8. The first-order valence-corrected chi connectivity index (χ1v) is 7.70. The first-order chi connectivity index (χ1) is 9.14. The van der Waals surface area contributed by atoms with Gasteiger partial charge in [0.2, 0.25) is 11.8 Å². The molecule has 118 valence electrons. The number of nitrogens with one attached hydrogen (secondary N) is 2. The van der Waals surface area contributed by atoms with Crippen LogP contribution in [0, 0.1) is 17.3 Å². The number of carbonyl (C=O) groups excluding carboxylic acids is 2. The van der Waals surface area contributed by atoms with E-state index < -0.39 is 0 Å². The summed E-state index contributed by atoms with van der Waals surface area (Å²) in [6.45, 7) is 13.3. The summed E-state index contributed by atoms with van der Waals surface area (Å²) in [4.78, 5) is 23.4. The summed E-state index contributed by atoms with van der Waals surface area (Å²) in [6.07, 6.45) is 2.75. The predicted molar refractivity (Wildman–Crippen MR) is 83.3 cm³/mol. The molecular formula is C16H32N2O2. The first-order valence-electron chi connectivity index (χ1n) is 7.70. The summed E-state index contributed by atoms with van der Waals surface area (Å²) in [6, 6.07) is 0. The van der Waals surface area contributed by atoms with Crippen molar-refractivity contribution in [1.82, 2.24) is 10.6 Å². The lowest BCUT2D eigenvalue weighted by atomic mass is 9.95. The number of hydrogen-bond acceptors (Lipinski definition) is 2. The third-order valence-corrected chi connectivity index (χ3v) is 3.16. The Kier molecular flexibility index (Phi) is 8.51. The van der Waals surface area contributed by atoms with Crippen molar-refractivity contribution < 1.29 is 9.59 Å². The van der Waals surface area contributed by atoms with Gasteiger partial charge in [0.25, 0.3) is 0 Å². The topological polar surface area (TPSA) is 58.2 Å². The summed E-state index contributed by atoms with van der Waals surface area (Å²) < 4.78 is 0. The van der Waals surface area contributed by atoms with Crippen LogP contribution in [0.4, 0.5) is 0 Å². The number of unbranched alkanes of at least 4 members (excludes halogenated alkanes) is 1. The Balaban J connectivity index is 3.69. The second-order valence-electron chi connectivity index (χ2n) is 7.04. The number of amides is 2. The maximum absolute atomic E-state index is 11.8. The van der Waals surface area contributed by atoms with Crippen LogP contribution in [0.3, 0.4) is 0 Å². The SMILES string of the molecule is CC(C)CNC(=O)C(C)CCCCNC(=O)C(C)(C)C. The third-order valence-electron chi connectivity index (χ3n) is 3.16. The highest BCUT2D eigenvalue weighted by Gasteiger charge is 2.20. The van der Waals surface area contributed by atoms with E-state index in [0.717, 1.165) is 25.8 Å². The van der Waals surface area contributed by atoms with E-state index in [9.17, 15) is 9.59 Å². The van der Waals surface area contributed by atoms with E-state index >= 15 is 0 Å². The van der Waals surface area contributed by atoms with Crippen LogP contribution in [-0.4, -0.2) is 24.9 Å². The minimum absolute atomic E-state index is 0.0482. The zero-order chi connectivity index (χ0) is 15.8. The fourth-order valence-corrected chi connectivity index (χ4v) is 1.65. The monoisotopic (exact) mass is 284 g/mol. The molecule has 0 radical (unpaired) electrons. The molecule has 2 amide bonds. The van der Waals surface area contributed by atoms with Crippen LogP contribution in [0.1, 0.15) is 60.8 Å². The van der Waals surface area contributed by atoms with Crippen molar-refractivity contribution in [1.29, 1.82) is 0 Å². The molecule has 0 aromatic carbocycles. The quantitative estimate of drug-likeness (QED) is 0.673. The van der Waals surface area contributed by atoms with Crippen LogP contribution in [0.5, 0.6) is 0 Å². The molecule has 0 aromatic rings. The molecule has 4 nitrogen and oxygen atoms in total. The van der Waals surface area contributed by atoms with Gasteiger partial charge in [0, 0.05) is 24.4 Å². The second kappa shape index (κ2) is 8.98. The van der Waals surface area contributed by atoms with Crippen molar-refractivity contribution in [2.24, 2.45) is 17.3 Å². The Labute approximate surface area is 124 Å². The van der Waals surface area contributed by atoms with E-state index in [4.69, 9.17) is 0 Å². The van der Waals surface area contributed by atoms with Gasteiger partial charge in [0.05, 0.1) is 0 Å². The largest absolute Gasteiger partial charge is 0.356 e. The smallest absolute Gasteiger partial charge is 0.225 e. The van der Waals surface area contributed by atoms with Gasteiger partial charge in [-0.15, -0.1) is 0 Å². The molecule has 0 fully saturated rings. The molecule has 0 aliphatic heterocycles. The second-order valence-corrected chi connectivity index (χ2v) is 7.04. The fourth-order valence-electron chi connectivity index (χ4n) is 1.65. The highest BCUT2D eigenvalue weighted by Crippen LogP contribution is 2.12. The van der Waals surface area contributed by atoms with Gasteiger partial charge in [-0.05, 0) is 18.8 Å². The summed E-state index contributed by atoms with van der Waals surface area (Å²) in [5, 5.41) is 5.88. The van der Waals surface area contributed by atoms with E-state index in [1.807, 2.05) is 27.7 Å². The lowest BCUT2D eigenvalue weighted by Gasteiger charge is -2.18. The van der Waals surface area contributed by atoms with Gasteiger partial charge >= 0.3 is 0 Å². The van der Waals surface area contributed by atoms with Gasteiger partial charge in [0.1, 0.15) is 0 Å². The van der Waals surface area contributed by atoms with Crippen LogP contribution in [0.15, 0.2) is 0 Å². The molecular weight excluding hydrogens is 252 g/mol. The van der Waals surface area contributed by atoms with Crippen LogP contribution in [0.2, 0.25) is 0 Å². The van der Waals surface area contributed by atoms with Crippen LogP contribution < -0.4 is 10.6 Å². The highest BCUT2D eigenvalue weighted by atomic mass is 16.2. The summed E-state index contributed by atoms with van der Waals surface area (Å²) in [5.41, 5.74) is -0.329. The van der Waals surface area contributed by atoms with Crippen molar-refractivity contribution in [2.75, 3.05) is 13.1 Å². The lowest BCUT2D eigenvalue weighted by Crippen LogP contribution is -2.35. The van der Waals surface area contributed by atoms with E-state index in [-0.39, 0.29) is 23.1 Å². The Morgan fingerprint density at radius 1 is 1.00 bits per heavy atom. The molecule has 2 N–H and O–H groups in total. The minimum Gasteiger partial charge on any atom is -0.356 e. The molecule has 1 atom stereocenters. The van der Waals surface area contributed by atoms with E-state index in [2.05, 4.69) is 24.5 Å². The minimum atomic E-state index is -0.329. The Hall–Kier alpha value is -1.06. The summed E-state index contributed by atoms with van der Waals surface area (Å²) in [5.74, 6) is 0.753. The van der Waals surface area contributed by atoms with Gasteiger partial charge in [0.15, 0.2) is 0 Å². The van der Waals surface area contributed by atoms with Crippen molar-refractivity contribution >= 4 is 11.8 Å². The molecule has 0 saturated heterocycles. The van der Waals surface area contributed by atoms with Crippen LogP contribution in [0.25, 0.3) is 0 Å². The first kappa shape index (κ1) is 18.9. The third kappa shape index (κ3) is 8.94. The zero-order valence-corrected chi connectivity index (χ0v) is 14.0. The molecule has 0 aliphatic carbocycles. The molecule has 1 unspecified atom stereocenters. The zero-order valence-electron chi connectivity index (χ0n) is 14.0. The number of hydrogen-bond donors (Lipinski definition) is 2. The average molecular weight is 284 g/mol. The number of rotatable bonds is 8. The standard InChI is InChI=1S/C16H32N2O2/c1-12(2)11-18-14(19)13(3)9-7-8-10-17-15(20)16(4,5)6/h12-13H,7-11H2,1-6H3,(H,17,20)(H,18,19). The molecule has 0 saturated carbocycles. The molecule has 0 rings (SSSR count). The van der Waals surface area contributed by atoms with Gasteiger partial charge in [-0.1, -0.05) is 48.0 Å². The maximum Gasteiger partial charge on any atom is 0.225 e. The normalized spacial score (nSPS) is 13.2. The molecule has 0 aromatic heterocycles. The summed E-state index contributed by atoms with van der Waals surface area (Å²) in [7, 11) is 0. The van der Waals surface area contributed by atoms with Crippen molar-refractivity contribution in [2.45, 2.75) is 60.8 Å². The van der Waals surface area contributed by atoms with E-state index in [0.29, 0.717) is 12.5 Å². The Morgan fingerprint density at radius 3 is 2.10 bits per heavy atom. The van der Waals surface area contributed by atoms with Crippen molar-refractivity contribution in [3.05, 3.63) is 0 Å². The van der Waals surface area contributed by atoms with E-state index in [1.54, 1.807) is 0 Å². The highest BCUT2D eigenvalue weighted by molar-refractivity contribution is 5.81. The van der Waals surface area contributed by atoms with Crippen LogP contribution >= 0.6 is 0 Å². The number of carbonyl (C=O) groups is 2. The average Bonchev–Trinajstić information content (AvgIpc) is 2.33. The van der Waals surface area contributed by atoms with Crippen molar-refractivity contribution in [3.8, 4) is 0 Å². The van der Waals surface area contributed by atoms with Gasteiger partial charge in [-0.2, -0.15) is 0 Å². The van der Waals surface area contributed by atoms with Gasteiger partial charge in [-0.3, -0.25) is 9.59 Å². The molecule has 0 aliphatic rings.